The Morgan fingerprint density at radius 3 is 2.74 bits per heavy atom. The highest BCUT2D eigenvalue weighted by molar-refractivity contribution is 8.00. The molecule has 27 heavy (non-hydrogen) atoms. The molecule has 0 atom stereocenters. The van der Waals surface area contributed by atoms with Crippen molar-refractivity contribution in [3.05, 3.63) is 59.7 Å². The fourth-order valence-electron chi connectivity index (χ4n) is 2.97. The van der Waals surface area contributed by atoms with Gasteiger partial charge in [0.25, 0.3) is 0 Å². The lowest BCUT2D eigenvalue weighted by molar-refractivity contribution is -0.120. The minimum absolute atomic E-state index is 0.0605. The number of carbonyl (C=O) groups excluding carboxylic acids is 2. The van der Waals surface area contributed by atoms with E-state index in [1.165, 1.54) is 11.6 Å². The maximum absolute atomic E-state index is 13.1. The Hall–Kier alpha value is -2.41. The summed E-state index contributed by atoms with van der Waals surface area (Å²) in [6, 6.07) is 11.4. The van der Waals surface area contributed by atoms with Gasteiger partial charge in [-0.15, -0.1) is 11.8 Å². The van der Waals surface area contributed by atoms with Crippen molar-refractivity contribution in [2.75, 3.05) is 23.7 Å². The van der Waals surface area contributed by atoms with E-state index in [4.69, 9.17) is 0 Å². The van der Waals surface area contributed by atoms with Gasteiger partial charge in [0.15, 0.2) is 11.6 Å². The molecule has 0 saturated heterocycles. The topological polar surface area (TPSA) is 49.4 Å². The first-order valence-corrected chi connectivity index (χ1v) is 9.76. The summed E-state index contributed by atoms with van der Waals surface area (Å²) in [5.41, 5.74) is 2.17. The average Bonchev–Trinajstić information content (AvgIpc) is 3.10. The number of rotatable bonds is 7. The molecule has 0 radical (unpaired) electrons. The summed E-state index contributed by atoms with van der Waals surface area (Å²) in [5, 5.41) is 2.75. The van der Waals surface area contributed by atoms with Crippen molar-refractivity contribution in [1.82, 2.24) is 5.32 Å². The highest BCUT2D eigenvalue weighted by Crippen LogP contribution is 2.28. The maximum Gasteiger partial charge on any atom is 0.230 e. The number of halogens is 2. The first kappa shape index (κ1) is 19.4. The number of para-hydroxylation sites is 1. The molecular formula is C20H20F2N2O2S. The van der Waals surface area contributed by atoms with Gasteiger partial charge in [-0.1, -0.05) is 18.2 Å². The van der Waals surface area contributed by atoms with Gasteiger partial charge in [0.05, 0.1) is 5.75 Å². The van der Waals surface area contributed by atoms with Crippen LogP contribution in [0.25, 0.3) is 0 Å². The molecule has 7 heteroatoms. The molecule has 1 aliphatic rings. The van der Waals surface area contributed by atoms with E-state index < -0.39 is 11.6 Å². The Labute approximate surface area is 160 Å². The van der Waals surface area contributed by atoms with Gasteiger partial charge >= 0.3 is 0 Å². The summed E-state index contributed by atoms with van der Waals surface area (Å²) in [6.07, 6.45) is 1.80. The molecule has 2 amide bonds. The van der Waals surface area contributed by atoms with E-state index in [2.05, 4.69) is 5.32 Å². The maximum atomic E-state index is 13.1. The van der Waals surface area contributed by atoms with Crippen LogP contribution in [0.1, 0.15) is 18.4 Å². The van der Waals surface area contributed by atoms with Crippen LogP contribution < -0.4 is 10.2 Å². The van der Waals surface area contributed by atoms with Crippen LogP contribution in [-0.2, 0) is 16.0 Å². The number of thioether (sulfide) groups is 1. The van der Waals surface area contributed by atoms with E-state index >= 15 is 0 Å². The van der Waals surface area contributed by atoms with Crippen LogP contribution in [0.5, 0.6) is 0 Å². The summed E-state index contributed by atoms with van der Waals surface area (Å²) in [4.78, 5) is 26.5. The largest absolute Gasteiger partial charge is 0.355 e. The van der Waals surface area contributed by atoms with Gasteiger partial charge in [-0.05, 0) is 42.7 Å². The quantitative estimate of drug-likeness (QED) is 0.581. The van der Waals surface area contributed by atoms with E-state index in [1.54, 1.807) is 4.90 Å². The Morgan fingerprint density at radius 2 is 1.93 bits per heavy atom. The molecule has 2 aromatic rings. The van der Waals surface area contributed by atoms with Crippen molar-refractivity contribution in [2.24, 2.45) is 0 Å². The smallest absolute Gasteiger partial charge is 0.230 e. The fraction of sp³-hybridized carbons (Fsp3) is 0.300. The Balaban J connectivity index is 1.35. The molecule has 142 valence electrons. The molecule has 0 fully saturated rings. The Morgan fingerprint density at radius 1 is 1.11 bits per heavy atom. The van der Waals surface area contributed by atoms with Crippen LogP contribution in [0.2, 0.25) is 0 Å². The number of amides is 2. The number of hydrogen-bond donors (Lipinski definition) is 1. The number of fused-ring (bicyclic) bond motifs is 1. The summed E-state index contributed by atoms with van der Waals surface area (Å²) in [5.74, 6) is -1.87. The van der Waals surface area contributed by atoms with Crippen LogP contribution >= 0.6 is 11.8 Å². The highest BCUT2D eigenvalue weighted by atomic mass is 32.2. The number of anilines is 1. The predicted molar refractivity (Wildman–Crippen MR) is 102 cm³/mol. The van der Waals surface area contributed by atoms with E-state index in [1.807, 2.05) is 24.3 Å². The molecule has 1 aliphatic heterocycles. The van der Waals surface area contributed by atoms with E-state index in [-0.39, 0.29) is 17.6 Å². The standard InChI is InChI=1S/C20H20F2N2O2S/c21-16-8-7-15(12-17(16)22)27-13-19(25)23-10-3-6-20(26)24-11-9-14-4-1-2-5-18(14)24/h1-2,4-5,7-8,12H,3,6,9-11,13H2,(H,23,25). The summed E-state index contributed by atoms with van der Waals surface area (Å²) in [6.45, 7) is 1.10. The Bertz CT molecular complexity index is 844. The van der Waals surface area contributed by atoms with Gasteiger partial charge in [0, 0.05) is 30.1 Å². The highest BCUT2D eigenvalue weighted by Gasteiger charge is 2.23. The van der Waals surface area contributed by atoms with Crippen molar-refractivity contribution in [2.45, 2.75) is 24.2 Å². The average molecular weight is 390 g/mol. The molecule has 1 heterocycles. The summed E-state index contributed by atoms with van der Waals surface area (Å²) >= 11 is 1.13. The lowest BCUT2D eigenvalue weighted by atomic mass is 10.2. The van der Waals surface area contributed by atoms with Gasteiger partial charge in [0.1, 0.15) is 0 Å². The zero-order valence-electron chi connectivity index (χ0n) is 14.7. The summed E-state index contributed by atoms with van der Waals surface area (Å²) in [7, 11) is 0. The molecule has 1 N–H and O–H groups in total. The zero-order chi connectivity index (χ0) is 19.2. The molecule has 0 aliphatic carbocycles. The minimum atomic E-state index is -0.928. The molecule has 0 saturated carbocycles. The van der Waals surface area contributed by atoms with Gasteiger partial charge in [-0.3, -0.25) is 9.59 Å². The second kappa shape index (κ2) is 8.99. The number of hydrogen-bond acceptors (Lipinski definition) is 3. The van der Waals surface area contributed by atoms with Crippen LogP contribution in [-0.4, -0.2) is 30.7 Å². The first-order chi connectivity index (χ1) is 13.0. The monoisotopic (exact) mass is 390 g/mol. The second-order valence-electron chi connectivity index (χ2n) is 6.24. The molecule has 0 bridgehead atoms. The number of nitrogens with zero attached hydrogens (tertiary/aromatic N) is 1. The van der Waals surface area contributed by atoms with Crippen LogP contribution in [0.4, 0.5) is 14.5 Å². The third-order valence-corrected chi connectivity index (χ3v) is 5.33. The third kappa shape index (κ3) is 5.07. The number of benzene rings is 2. The molecular weight excluding hydrogens is 370 g/mol. The molecule has 0 spiro atoms. The normalized spacial score (nSPS) is 12.7. The van der Waals surface area contributed by atoms with Gasteiger partial charge in [-0.2, -0.15) is 0 Å². The molecule has 3 rings (SSSR count). The van der Waals surface area contributed by atoms with E-state index in [0.717, 1.165) is 36.0 Å². The van der Waals surface area contributed by atoms with Gasteiger partial charge < -0.3 is 10.2 Å². The zero-order valence-corrected chi connectivity index (χ0v) is 15.5. The van der Waals surface area contributed by atoms with Crippen molar-refractivity contribution in [3.63, 3.8) is 0 Å². The van der Waals surface area contributed by atoms with E-state index in [9.17, 15) is 18.4 Å². The molecule has 0 unspecified atom stereocenters. The van der Waals surface area contributed by atoms with Crippen LogP contribution in [0, 0.1) is 11.6 Å². The molecule has 0 aromatic heterocycles. The molecule has 2 aromatic carbocycles. The van der Waals surface area contributed by atoms with Crippen molar-refractivity contribution < 1.29 is 18.4 Å². The van der Waals surface area contributed by atoms with Crippen molar-refractivity contribution in [1.29, 1.82) is 0 Å². The van der Waals surface area contributed by atoms with E-state index in [0.29, 0.717) is 30.8 Å². The lowest BCUT2D eigenvalue weighted by Crippen LogP contribution is -2.31. The second-order valence-corrected chi connectivity index (χ2v) is 7.29. The van der Waals surface area contributed by atoms with Crippen LogP contribution in [0.3, 0.4) is 0 Å². The summed E-state index contributed by atoms with van der Waals surface area (Å²) < 4.78 is 26.0. The van der Waals surface area contributed by atoms with Crippen molar-refractivity contribution >= 4 is 29.3 Å². The van der Waals surface area contributed by atoms with Gasteiger partial charge in [-0.25, -0.2) is 8.78 Å². The third-order valence-electron chi connectivity index (χ3n) is 4.34. The number of carbonyl (C=O) groups is 2. The van der Waals surface area contributed by atoms with Gasteiger partial charge in [0.2, 0.25) is 11.8 Å². The fourth-order valence-corrected chi connectivity index (χ4v) is 3.72. The SMILES string of the molecule is O=C(CSc1ccc(F)c(F)c1)NCCCC(=O)N1CCc2ccccc21. The Kier molecular flexibility index (Phi) is 6.45. The van der Waals surface area contributed by atoms with Crippen molar-refractivity contribution in [3.8, 4) is 0 Å². The minimum Gasteiger partial charge on any atom is -0.355 e. The number of nitrogens with one attached hydrogen (secondary N) is 1. The molecule has 4 nitrogen and oxygen atoms in total. The lowest BCUT2D eigenvalue weighted by Gasteiger charge is -2.17. The predicted octanol–water partition coefficient (Wildman–Crippen LogP) is 3.54. The first-order valence-electron chi connectivity index (χ1n) is 8.77. The van der Waals surface area contributed by atoms with Crippen LogP contribution in [0.15, 0.2) is 47.4 Å².